The van der Waals surface area contributed by atoms with Crippen LogP contribution >= 0.6 is 0 Å². The third kappa shape index (κ3) is 8.26. The van der Waals surface area contributed by atoms with Crippen molar-refractivity contribution in [2.45, 2.75) is 103 Å². The fraction of sp³-hybridized carbons (Fsp3) is 0.478. The molecular weight excluding hydrogens is 780 g/mol. The van der Waals surface area contributed by atoms with Crippen LogP contribution in [0.2, 0.25) is 0 Å². The predicted molar refractivity (Wildman–Crippen MR) is 226 cm³/mol. The Morgan fingerprint density at radius 2 is 1.62 bits per heavy atom. The molecule has 1 aliphatic heterocycles. The number of carbonyl (C=O) groups is 4. The summed E-state index contributed by atoms with van der Waals surface area (Å²) in [5, 5.41) is 5.43. The summed E-state index contributed by atoms with van der Waals surface area (Å²) in [6.07, 6.45) is 7.14. The molecule has 2 saturated carbocycles. The fourth-order valence-corrected chi connectivity index (χ4v) is 9.24. The summed E-state index contributed by atoms with van der Waals surface area (Å²) in [6.45, 7) is 11.6. The highest BCUT2D eigenvalue weighted by Crippen LogP contribution is 2.50. The number of benzene rings is 2. The number of aryl methyl sites for hydroxylation is 2. The molecule has 3 aliphatic carbocycles. The molecule has 7 atom stereocenters. The van der Waals surface area contributed by atoms with Gasteiger partial charge in [-0.05, 0) is 91.0 Å². The number of hydrogen-bond donors (Lipinski definition) is 4. The van der Waals surface area contributed by atoms with E-state index in [1.54, 1.807) is 17.2 Å². The number of carbonyl (C=O) groups excluding carboxylic acids is 4. The number of amides is 4. The van der Waals surface area contributed by atoms with Crippen LogP contribution in [0.4, 0.5) is 14.0 Å². The number of aromatic nitrogens is 4. The van der Waals surface area contributed by atoms with Crippen LogP contribution in [-0.4, -0.2) is 92.1 Å². The van der Waals surface area contributed by atoms with E-state index in [0.717, 1.165) is 78.0 Å². The zero-order chi connectivity index (χ0) is 43.3. The van der Waals surface area contributed by atoms with Gasteiger partial charge in [0.2, 0.25) is 11.8 Å². The average molecular weight is 835 g/mol. The molecule has 2 aromatic carbocycles. The molecule has 3 fully saturated rings. The van der Waals surface area contributed by atoms with Crippen molar-refractivity contribution < 1.29 is 33.0 Å². The number of hydrogen-bond acceptors (Lipinski definition) is 8. The molecule has 3 unspecified atom stereocenters. The molecule has 1 saturated heterocycles. The number of fused-ring (bicyclic) bond motifs is 4. The van der Waals surface area contributed by atoms with Gasteiger partial charge in [0.05, 0.1) is 44.4 Å². The van der Waals surface area contributed by atoms with Crippen LogP contribution < -0.4 is 10.6 Å². The number of alkyl carbamates (subject to hydrolysis) is 2. The maximum Gasteiger partial charge on any atom is 0.407 e. The zero-order valence-electron chi connectivity index (χ0n) is 35.6. The third-order valence-corrected chi connectivity index (χ3v) is 12.9. The van der Waals surface area contributed by atoms with E-state index in [0.29, 0.717) is 23.0 Å². The van der Waals surface area contributed by atoms with Gasteiger partial charge in [-0.2, -0.15) is 0 Å². The number of methoxy groups -OCH3 is 2. The first-order valence-electron chi connectivity index (χ1n) is 21.3. The van der Waals surface area contributed by atoms with E-state index >= 15 is 4.39 Å². The Morgan fingerprint density at radius 3 is 2.28 bits per heavy atom. The number of nitrogens with one attached hydrogen (secondary N) is 4. The number of aromatic amines is 2. The standard InChI is InChI=1S/C46H55FN8O6/c1-8-25-19-36(25)54(43(56)39(23(2)3)52-45(58)60-6)22-38-48-21-34(49-38)31-14-10-27(18-32(31)47)26-9-13-30-28(17-26)11-15-33-41(30)51-42(50-33)35-16-12-29-20-37(29)55(35)44(57)40(24(4)5)53-46(59)61-7/h8-10,13-14,17-18,21,23-25,29,35-37,39-40H,1,11-12,15-16,19-20,22H2,2-7H3,(H,48,49)(H,50,51)(H,52,58)(H,53,59)/t25?,29-,35-,36?,37+,39-,40?/m0/s1. The van der Waals surface area contributed by atoms with E-state index in [9.17, 15) is 19.2 Å². The molecule has 61 heavy (non-hydrogen) atoms. The van der Waals surface area contributed by atoms with Gasteiger partial charge in [0.1, 0.15) is 29.5 Å². The molecular formula is C46H55FN8O6. The van der Waals surface area contributed by atoms with Gasteiger partial charge in [0.25, 0.3) is 0 Å². The second-order valence-electron chi connectivity index (χ2n) is 17.5. The average Bonchev–Trinajstić information content (AvgIpc) is 4.12. The Morgan fingerprint density at radius 1 is 0.934 bits per heavy atom. The topological polar surface area (TPSA) is 175 Å². The van der Waals surface area contributed by atoms with Crippen LogP contribution in [0.5, 0.6) is 0 Å². The van der Waals surface area contributed by atoms with Crippen molar-refractivity contribution in [3.8, 4) is 33.6 Å². The van der Waals surface area contributed by atoms with Crippen LogP contribution in [0, 0.1) is 29.5 Å². The molecule has 0 spiro atoms. The number of halogens is 1. The fourth-order valence-electron chi connectivity index (χ4n) is 9.24. The van der Waals surface area contributed by atoms with E-state index in [1.807, 2.05) is 56.9 Å². The van der Waals surface area contributed by atoms with Crippen molar-refractivity contribution in [3.63, 3.8) is 0 Å². The van der Waals surface area contributed by atoms with Crippen molar-refractivity contribution in [2.75, 3.05) is 14.2 Å². The molecule has 4 aliphatic rings. The maximum atomic E-state index is 16.0. The Labute approximate surface area is 355 Å². The number of likely N-dealkylation sites (tertiary alicyclic amines) is 1. The van der Waals surface area contributed by atoms with Gasteiger partial charge < -0.3 is 39.9 Å². The molecule has 4 amide bonds. The normalized spacial score (nSPS) is 22.0. The summed E-state index contributed by atoms with van der Waals surface area (Å²) in [6, 6.07) is 9.60. The van der Waals surface area contributed by atoms with Crippen LogP contribution in [0.1, 0.15) is 82.3 Å². The van der Waals surface area contributed by atoms with Crippen molar-refractivity contribution in [3.05, 3.63) is 84.0 Å². The number of imidazole rings is 2. The Bertz CT molecular complexity index is 2350. The second-order valence-corrected chi connectivity index (χ2v) is 17.5. The van der Waals surface area contributed by atoms with Gasteiger partial charge in [0, 0.05) is 28.9 Å². The smallest absolute Gasteiger partial charge is 0.407 e. The van der Waals surface area contributed by atoms with E-state index < -0.39 is 30.1 Å². The Balaban J connectivity index is 0.990. The van der Waals surface area contributed by atoms with Crippen LogP contribution in [0.15, 0.2) is 55.3 Å². The SMILES string of the molecule is C=CC1CC1N(Cc1ncc(-c2ccc(-c3ccc4c(c3)CCc3[nH]c([C@@H]5CC[C@H]6C[C@H]6N5C(=O)C(NC(=O)OC)C(C)C)nc3-4)cc2F)[nH]1)C(=O)[C@@H](NC(=O)OC)C(C)C. The van der Waals surface area contributed by atoms with Gasteiger partial charge in [-0.15, -0.1) is 6.58 Å². The summed E-state index contributed by atoms with van der Waals surface area (Å²) in [4.78, 5) is 72.3. The summed E-state index contributed by atoms with van der Waals surface area (Å²) in [5.41, 5.74) is 6.48. The number of nitrogens with zero attached hydrogens (tertiary/aromatic N) is 4. The van der Waals surface area contributed by atoms with Gasteiger partial charge in [-0.1, -0.05) is 58.0 Å². The van der Waals surface area contributed by atoms with Gasteiger partial charge in [-0.3, -0.25) is 9.59 Å². The summed E-state index contributed by atoms with van der Waals surface area (Å²) in [7, 11) is 2.56. The second kappa shape index (κ2) is 16.8. The lowest BCUT2D eigenvalue weighted by molar-refractivity contribution is -0.139. The Hall–Kier alpha value is -5.99. The third-order valence-electron chi connectivity index (χ3n) is 12.9. The minimum Gasteiger partial charge on any atom is -0.453 e. The molecule has 322 valence electrons. The number of ether oxygens (including phenoxy) is 2. The van der Waals surface area contributed by atoms with Crippen LogP contribution in [-0.2, 0) is 38.4 Å². The summed E-state index contributed by atoms with van der Waals surface area (Å²) < 4.78 is 25.6. The van der Waals surface area contributed by atoms with Crippen LogP contribution in [0.3, 0.4) is 0 Å². The lowest BCUT2D eigenvalue weighted by atomic mass is 9.89. The molecule has 0 bridgehead atoms. The number of rotatable bonds is 13. The Kier molecular flexibility index (Phi) is 11.5. The summed E-state index contributed by atoms with van der Waals surface area (Å²) in [5.74, 6) is 0.778. The van der Waals surface area contributed by atoms with E-state index in [2.05, 4.69) is 38.2 Å². The zero-order valence-corrected chi connectivity index (χ0v) is 35.6. The number of piperidine rings is 1. The lowest BCUT2D eigenvalue weighted by Crippen LogP contribution is -2.54. The summed E-state index contributed by atoms with van der Waals surface area (Å²) >= 11 is 0. The first kappa shape index (κ1) is 41.7. The van der Waals surface area contributed by atoms with E-state index in [1.165, 1.54) is 20.3 Å². The maximum absolute atomic E-state index is 16.0. The molecule has 15 heteroatoms. The minimum absolute atomic E-state index is 0.0854. The minimum atomic E-state index is -0.794. The number of H-pyrrole nitrogens is 2. The molecule has 14 nitrogen and oxygen atoms in total. The molecule has 4 aromatic rings. The van der Waals surface area contributed by atoms with Gasteiger partial charge in [0.15, 0.2) is 0 Å². The largest absolute Gasteiger partial charge is 0.453 e. The van der Waals surface area contributed by atoms with Crippen LogP contribution in [0.25, 0.3) is 33.6 Å². The molecule has 4 N–H and O–H groups in total. The monoisotopic (exact) mass is 834 g/mol. The molecule has 0 radical (unpaired) electrons. The lowest BCUT2D eigenvalue weighted by Gasteiger charge is -2.37. The molecule has 2 aromatic heterocycles. The first-order valence-corrected chi connectivity index (χ1v) is 21.3. The van der Waals surface area contributed by atoms with Crippen molar-refractivity contribution in [1.82, 2.24) is 40.4 Å². The first-order chi connectivity index (χ1) is 29.3. The predicted octanol–water partition coefficient (Wildman–Crippen LogP) is 7.09. The van der Waals surface area contributed by atoms with Gasteiger partial charge >= 0.3 is 12.2 Å². The van der Waals surface area contributed by atoms with Crippen molar-refractivity contribution >= 4 is 24.0 Å². The molecule has 3 heterocycles. The highest BCUT2D eigenvalue weighted by Gasteiger charge is 2.53. The van der Waals surface area contributed by atoms with Gasteiger partial charge in [-0.25, -0.2) is 23.9 Å². The van der Waals surface area contributed by atoms with Crippen molar-refractivity contribution in [1.29, 1.82) is 0 Å². The quantitative estimate of drug-likeness (QED) is 0.103. The highest BCUT2D eigenvalue weighted by molar-refractivity contribution is 5.87. The van der Waals surface area contributed by atoms with E-state index in [4.69, 9.17) is 14.5 Å². The molecule has 8 rings (SSSR count). The highest BCUT2D eigenvalue weighted by atomic mass is 19.1. The van der Waals surface area contributed by atoms with E-state index in [-0.39, 0.29) is 54.2 Å². The van der Waals surface area contributed by atoms with Crippen molar-refractivity contribution in [2.24, 2.45) is 23.7 Å².